The molecule has 0 aromatic carbocycles. The van der Waals surface area contributed by atoms with E-state index in [0.29, 0.717) is 0 Å². The van der Waals surface area contributed by atoms with Crippen LogP contribution in [0.15, 0.2) is 0 Å². The van der Waals surface area contributed by atoms with Crippen LogP contribution in [0, 0.1) is 5.92 Å². The lowest BCUT2D eigenvalue weighted by atomic mass is 9.72. The van der Waals surface area contributed by atoms with E-state index in [0.717, 1.165) is 5.92 Å². The Labute approximate surface area is 204 Å². The summed E-state index contributed by atoms with van der Waals surface area (Å²) in [6.45, 7) is 9.27. The number of unbranched alkanes of at least 4 members (excludes halogenated alkanes) is 15. The van der Waals surface area contributed by atoms with Gasteiger partial charge in [-0.2, -0.15) is 0 Å². The third-order valence-corrected chi connectivity index (χ3v) is 7.37. The molecule has 31 heavy (non-hydrogen) atoms. The van der Waals surface area contributed by atoms with Gasteiger partial charge in [0.25, 0.3) is 0 Å². The van der Waals surface area contributed by atoms with E-state index in [2.05, 4.69) is 27.7 Å². The first-order valence-corrected chi connectivity index (χ1v) is 14.4. The standard InChI is InChI=1S/C29H61N.ClH/c1-5-9-13-17-18-19-21-25-28(24-20-14-10-6-2)29(30,26-22-15-11-7-3)27-23-16-12-8-4;/h28H,5-27,30H2,1-4H3;1H. The van der Waals surface area contributed by atoms with Crippen LogP contribution >= 0.6 is 12.4 Å². The van der Waals surface area contributed by atoms with Crippen molar-refractivity contribution in [3.8, 4) is 0 Å². The van der Waals surface area contributed by atoms with Gasteiger partial charge in [-0.25, -0.2) is 0 Å². The predicted molar refractivity (Wildman–Crippen MR) is 147 cm³/mol. The molecule has 0 aliphatic carbocycles. The first-order valence-electron chi connectivity index (χ1n) is 14.4. The van der Waals surface area contributed by atoms with Crippen molar-refractivity contribution >= 4 is 12.4 Å². The van der Waals surface area contributed by atoms with E-state index < -0.39 is 0 Å². The molecule has 0 aliphatic rings. The molecule has 0 fully saturated rings. The van der Waals surface area contributed by atoms with Crippen molar-refractivity contribution in [1.29, 1.82) is 0 Å². The first kappa shape index (κ1) is 33.4. The second-order valence-electron chi connectivity index (χ2n) is 10.3. The zero-order chi connectivity index (χ0) is 22.3. The molecule has 0 bridgehead atoms. The summed E-state index contributed by atoms with van der Waals surface area (Å²) in [5.74, 6) is 0.758. The van der Waals surface area contributed by atoms with Crippen LogP contribution in [-0.2, 0) is 0 Å². The molecule has 0 spiro atoms. The monoisotopic (exact) mass is 459 g/mol. The summed E-state index contributed by atoms with van der Waals surface area (Å²) in [5, 5.41) is 0. The summed E-state index contributed by atoms with van der Waals surface area (Å²) < 4.78 is 0. The Kier molecular flexibility index (Phi) is 26.8. The van der Waals surface area contributed by atoms with Gasteiger partial charge in [0.1, 0.15) is 0 Å². The predicted octanol–water partition coefficient (Wildman–Crippen LogP) is 10.8. The Hall–Kier alpha value is 0.250. The minimum Gasteiger partial charge on any atom is -0.325 e. The van der Waals surface area contributed by atoms with Crippen LogP contribution in [-0.4, -0.2) is 5.54 Å². The summed E-state index contributed by atoms with van der Waals surface area (Å²) in [5.41, 5.74) is 7.41. The highest BCUT2D eigenvalue weighted by Gasteiger charge is 2.33. The summed E-state index contributed by atoms with van der Waals surface area (Å²) in [4.78, 5) is 0. The molecular formula is C29H62ClN. The fourth-order valence-corrected chi connectivity index (χ4v) is 5.18. The smallest absolute Gasteiger partial charge is 0.0182 e. The lowest BCUT2D eigenvalue weighted by Crippen LogP contribution is -2.47. The van der Waals surface area contributed by atoms with Gasteiger partial charge in [-0.05, 0) is 31.6 Å². The quantitative estimate of drug-likeness (QED) is 0.143. The lowest BCUT2D eigenvalue weighted by Gasteiger charge is -2.39. The second kappa shape index (κ2) is 24.9. The number of rotatable bonds is 24. The van der Waals surface area contributed by atoms with Gasteiger partial charge in [0.15, 0.2) is 0 Å². The van der Waals surface area contributed by atoms with E-state index in [1.54, 1.807) is 0 Å². The Morgan fingerprint density at radius 2 is 0.742 bits per heavy atom. The van der Waals surface area contributed by atoms with Crippen molar-refractivity contribution in [1.82, 2.24) is 0 Å². The molecular weight excluding hydrogens is 398 g/mol. The van der Waals surface area contributed by atoms with E-state index >= 15 is 0 Å². The van der Waals surface area contributed by atoms with Gasteiger partial charge >= 0.3 is 0 Å². The van der Waals surface area contributed by atoms with Crippen LogP contribution in [0.5, 0.6) is 0 Å². The summed E-state index contributed by atoms with van der Waals surface area (Å²) in [6.07, 6.45) is 31.6. The maximum Gasteiger partial charge on any atom is 0.0182 e. The molecule has 0 aliphatic heterocycles. The molecule has 0 aromatic rings. The maximum atomic E-state index is 7.30. The largest absolute Gasteiger partial charge is 0.325 e. The van der Waals surface area contributed by atoms with Crippen molar-refractivity contribution in [2.75, 3.05) is 0 Å². The highest BCUT2D eigenvalue weighted by molar-refractivity contribution is 5.85. The number of hydrogen-bond donors (Lipinski definition) is 1. The number of hydrogen-bond acceptors (Lipinski definition) is 1. The Balaban J connectivity index is 0. The van der Waals surface area contributed by atoms with Gasteiger partial charge in [-0.15, -0.1) is 12.4 Å². The van der Waals surface area contributed by atoms with E-state index in [1.165, 1.54) is 148 Å². The maximum absolute atomic E-state index is 7.30. The van der Waals surface area contributed by atoms with Crippen molar-refractivity contribution < 1.29 is 0 Å². The molecule has 0 aromatic heterocycles. The van der Waals surface area contributed by atoms with Crippen LogP contribution in [0.4, 0.5) is 0 Å². The van der Waals surface area contributed by atoms with Gasteiger partial charge in [0.2, 0.25) is 0 Å². The average Bonchev–Trinajstić information content (AvgIpc) is 2.75. The minimum atomic E-state index is 0. The van der Waals surface area contributed by atoms with E-state index in [4.69, 9.17) is 5.73 Å². The second-order valence-corrected chi connectivity index (χ2v) is 10.3. The van der Waals surface area contributed by atoms with Crippen LogP contribution in [0.25, 0.3) is 0 Å². The molecule has 0 saturated heterocycles. The molecule has 190 valence electrons. The van der Waals surface area contributed by atoms with E-state index in [9.17, 15) is 0 Å². The van der Waals surface area contributed by atoms with Crippen molar-refractivity contribution in [3.63, 3.8) is 0 Å². The molecule has 0 saturated carbocycles. The molecule has 2 heteroatoms. The lowest BCUT2D eigenvalue weighted by molar-refractivity contribution is 0.190. The normalized spacial score (nSPS) is 12.7. The van der Waals surface area contributed by atoms with E-state index in [-0.39, 0.29) is 17.9 Å². The van der Waals surface area contributed by atoms with Crippen LogP contribution in [0.2, 0.25) is 0 Å². The molecule has 2 N–H and O–H groups in total. The summed E-state index contributed by atoms with van der Waals surface area (Å²) in [7, 11) is 0. The molecule has 1 atom stereocenters. The van der Waals surface area contributed by atoms with Crippen LogP contribution < -0.4 is 5.73 Å². The zero-order valence-corrected chi connectivity index (χ0v) is 23.1. The third kappa shape index (κ3) is 19.4. The molecule has 0 radical (unpaired) electrons. The SMILES string of the molecule is CCCCCCCCCC(CCCCCC)C(N)(CCCCCC)CCCCCC.Cl. The fraction of sp³-hybridized carbons (Fsp3) is 1.00. The summed E-state index contributed by atoms with van der Waals surface area (Å²) >= 11 is 0. The highest BCUT2D eigenvalue weighted by Crippen LogP contribution is 2.35. The average molecular weight is 460 g/mol. The van der Waals surface area contributed by atoms with E-state index in [1.807, 2.05) is 0 Å². The fourth-order valence-electron chi connectivity index (χ4n) is 5.18. The van der Waals surface area contributed by atoms with Gasteiger partial charge in [0, 0.05) is 5.54 Å². The van der Waals surface area contributed by atoms with Crippen molar-refractivity contribution in [2.45, 2.75) is 181 Å². The minimum absolute atomic E-state index is 0. The Bertz CT molecular complexity index is 319. The van der Waals surface area contributed by atoms with Gasteiger partial charge in [0.05, 0.1) is 0 Å². The molecule has 1 unspecified atom stereocenters. The molecule has 0 heterocycles. The topological polar surface area (TPSA) is 26.0 Å². The van der Waals surface area contributed by atoms with Crippen LogP contribution in [0.1, 0.15) is 175 Å². The van der Waals surface area contributed by atoms with Crippen LogP contribution in [0.3, 0.4) is 0 Å². The third-order valence-electron chi connectivity index (χ3n) is 7.37. The Morgan fingerprint density at radius 3 is 1.13 bits per heavy atom. The van der Waals surface area contributed by atoms with Gasteiger partial charge in [-0.3, -0.25) is 0 Å². The molecule has 0 rings (SSSR count). The number of halogens is 1. The van der Waals surface area contributed by atoms with Gasteiger partial charge < -0.3 is 5.73 Å². The number of nitrogens with two attached hydrogens (primary N) is 1. The van der Waals surface area contributed by atoms with Gasteiger partial charge in [-0.1, -0.05) is 150 Å². The highest BCUT2D eigenvalue weighted by atomic mass is 35.5. The van der Waals surface area contributed by atoms with Crippen molar-refractivity contribution in [2.24, 2.45) is 11.7 Å². The summed E-state index contributed by atoms with van der Waals surface area (Å²) in [6, 6.07) is 0. The molecule has 1 nitrogen and oxygen atoms in total. The zero-order valence-electron chi connectivity index (χ0n) is 22.3. The first-order chi connectivity index (χ1) is 14.6. The van der Waals surface area contributed by atoms with Crippen molar-refractivity contribution in [3.05, 3.63) is 0 Å². The Morgan fingerprint density at radius 1 is 0.452 bits per heavy atom. The molecule has 0 amide bonds.